The van der Waals surface area contributed by atoms with Crippen molar-refractivity contribution < 1.29 is 0 Å². The Morgan fingerprint density at radius 1 is 1.23 bits per heavy atom. The molecule has 2 N–H and O–H groups in total. The molecular weight excluding hydrogens is 162 g/mol. The van der Waals surface area contributed by atoms with Crippen LogP contribution in [-0.2, 0) is 0 Å². The number of benzene rings is 1. The monoisotopic (exact) mass is 173 g/mol. The molecule has 2 aromatic rings. The number of aromatic nitrogens is 2. The molecule has 3 nitrogen and oxygen atoms in total. The summed E-state index contributed by atoms with van der Waals surface area (Å²) in [4.78, 5) is 0. The maximum atomic E-state index is 5.69. The molecule has 0 saturated heterocycles. The minimum absolute atomic E-state index is 0.726. The molecule has 1 aromatic heterocycles. The van der Waals surface area contributed by atoms with E-state index in [0.717, 1.165) is 17.1 Å². The topological polar surface area (TPSA) is 43.8 Å². The van der Waals surface area contributed by atoms with Crippen molar-refractivity contribution in [3.05, 3.63) is 42.2 Å². The number of hydrogen-bond acceptors (Lipinski definition) is 2. The van der Waals surface area contributed by atoms with Gasteiger partial charge in [-0.05, 0) is 19.1 Å². The Kier molecular flexibility index (Phi) is 1.77. The first-order valence-corrected chi connectivity index (χ1v) is 4.14. The van der Waals surface area contributed by atoms with Crippen LogP contribution in [0.2, 0.25) is 0 Å². The molecule has 2 rings (SSSR count). The minimum atomic E-state index is 0.726. The lowest BCUT2D eigenvalue weighted by Crippen LogP contribution is -1.98. The van der Waals surface area contributed by atoms with E-state index in [0.29, 0.717) is 0 Å². The molecule has 0 unspecified atom stereocenters. The number of hydrogen-bond donors (Lipinski definition) is 1. The van der Waals surface area contributed by atoms with E-state index in [-0.39, 0.29) is 0 Å². The van der Waals surface area contributed by atoms with Gasteiger partial charge in [0.1, 0.15) is 0 Å². The van der Waals surface area contributed by atoms with Crippen LogP contribution in [0.5, 0.6) is 0 Å². The van der Waals surface area contributed by atoms with Crippen LogP contribution in [-0.4, -0.2) is 9.78 Å². The van der Waals surface area contributed by atoms with Crippen molar-refractivity contribution in [1.82, 2.24) is 9.78 Å². The summed E-state index contributed by atoms with van der Waals surface area (Å²) in [6, 6.07) is 9.93. The van der Waals surface area contributed by atoms with E-state index in [9.17, 15) is 0 Å². The van der Waals surface area contributed by atoms with Gasteiger partial charge in [0, 0.05) is 0 Å². The van der Waals surface area contributed by atoms with Gasteiger partial charge in [0.05, 0.1) is 23.3 Å². The third-order valence-corrected chi connectivity index (χ3v) is 2.05. The van der Waals surface area contributed by atoms with Gasteiger partial charge in [0.2, 0.25) is 0 Å². The summed E-state index contributed by atoms with van der Waals surface area (Å²) in [6.45, 7) is 1.95. The van der Waals surface area contributed by atoms with Gasteiger partial charge in [0.25, 0.3) is 0 Å². The predicted molar refractivity (Wildman–Crippen MR) is 52.7 cm³/mol. The second-order valence-corrected chi connectivity index (χ2v) is 2.93. The van der Waals surface area contributed by atoms with Crippen molar-refractivity contribution in [2.75, 3.05) is 5.73 Å². The minimum Gasteiger partial charge on any atom is -0.396 e. The van der Waals surface area contributed by atoms with E-state index in [1.54, 1.807) is 6.20 Å². The van der Waals surface area contributed by atoms with Gasteiger partial charge in [-0.1, -0.05) is 18.2 Å². The predicted octanol–water partition coefficient (Wildman–Crippen LogP) is 1.76. The molecule has 0 atom stereocenters. The Morgan fingerprint density at radius 2 is 1.92 bits per heavy atom. The van der Waals surface area contributed by atoms with E-state index in [1.807, 2.05) is 41.9 Å². The molecule has 0 aliphatic rings. The first-order chi connectivity index (χ1) is 6.29. The molecule has 0 saturated carbocycles. The zero-order valence-electron chi connectivity index (χ0n) is 7.44. The number of nitrogens with zero attached hydrogens (tertiary/aromatic N) is 2. The second kappa shape index (κ2) is 2.94. The zero-order valence-corrected chi connectivity index (χ0v) is 7.44. The standard InChI is InChI=1S/C10H11N3/c1-8-10(11)7-12-13(8)9-5-3-2-4-6-9/h2-7H,11H2,1H3. The molecule has 0 bridgehead atoms. The Hall–Kier alpha value is -1.77. The van der Waals surface area contributed by atoms with Crippen molar-refractivity contribution in [2.24, 2.45) is 0 Å². The highest BCUT2D eigenvalue weighted by Crippen LogP contribution is 2.14. The van der Waals surface area contributed by atoms with E-state index in [2.05, 4.69) is 5.10 Å². The SMILES string of the molecule is Cc1c(N)cnn1-c1ccccc1. The third-order valence-electron chi connectivity index (χ3n) is 2.05. The van der Waals surface area contributed by atoms with Crippen LogP contribution in [0.15, 0.2) is 36.5 Å². The number of nitrogen functional groups attached to an aromatic ring is 1. The van der Waals surface area contributed by atoms with Gasteiger partial charge >= 0.3 is 0 Å². The molecule has 1 heterocycles. The van der Waals surface area contributed by atoms with Crippen LogP contribution in [0.1, 0.15) is 5.69 Å². The van der Waals surface area contributed by atoms with Crippen molar-refractivity contribution in [3.8, 4) is 5.69 Å². The quantitative estimate of drug-likeness (QED) is 0.714. The summed E-state index contributed by atoms with van der Waals surface area (Å²) < 4.78 is 1.83. The number of anilines is 1. The molecule has 66 valence electrons. The van der Waals surface area contributed by atoms with Crippen LogP contribution in [0, 0.1) is 6.92 Å². The van der Waals surface area contributed by atoms with Gasteiger partial charge in [-0.25, -0.2) is 4.68 Å². The van der Waals surface area contributed by atoms with Crippen LogP contribution in [0.4, 0.5) is 5.69 Å². The van der Waals surface area contributed by atoms with E-state index < -0.39 is 0 Å². The molecular formula is C10H11N3. The molecule has 0 radical (unpaired) electrons. The summed E-state index contributed by atoms with van der Waals surface area (Å²) in [6.07, 6.45) is 1.67. The van der Waals surface area contributed by atoms with Crippen molar-refractivity contribution in [1.29, 1.82) is 0 Å². The Bertz CT molecular complexity index is 403. The summed E-state index contributed by atoms with van der Waals surface area (Å²) in [7, 11) is 0. The molecule has 0 amide bonds. The van der Waals surface area contributed by atoms with Gasteiger partial charge in [-0.15, -0.1) is 0 Å². The molecule has 13 heavy (non-hydrogen) atoms. The van der Waals surface area contributed by atoms with Gasteiger partial charge in [-0.2, -0.15) is 5.10 Å². The normalized spacial score (nSPS) is 10.2. The van der Waals surface area contributed by atoms with Crippen LogP contribution in [0.25, 0.3) is 5.69 Å². The summed E-state index contributed by atoms with van der Waals surface area (Å²) in [5.74, 6) is 0. The lowest BCUT2D eigenvalue weighted by atomic mass is 10.3. The molecule has 0 fully saturated rings. The fourth-order valence-corrected chi connectivity index (χ4v) is 1.25. The smallest absolute Gasteiger partial charge is 0.0734 e. The van der Waals surface area contributed by atoms with Crippen LogP contribution >= 0.6 is 0 Å². The van der Waals surface area contributed by atoms with Gasteiger partial charge in [0.15, 0.2) is 0 Å². The first kappa shape index (κ1) is 7.86. The maximum Gasteiger partial charge on any atom is 0.0734 e. The third kappa shape index (κ3) is 1.28. The van der Waals surface area contributed by atoms with E-state index in [4.69, 9.17) is 5.73 Å². The van der Waals surface area contributed by atoms with Crippen molar-refractivity contribution in [2.45, 2.75) is 6.92 Å². The van der Waals surface area contributed by atoms with Crippen LogP contribution < -0.4 is 5.73 Å². The summed E-state index contributed by atoms with van der Waals surface area (Å²) in [5.41, 5.74) is 8.44. The van der Waals surface area contributed by atoms with Crippen molar-refractivity contribution in [3.63, 3.8) is 0 Å². The largest absolute Gasteiger partial charge is 0.396 e. The fraction of sp³-hybridized carbons (Fsp3) is 0.100. The lowest BCUT2D eigenvalue weighted by molar-refractivity contribution is 0.847. The highest BCUT2D eigenvalue weighted by molar-refractivity contribution is 5.44. The van der Waals surface area contributed by atoms with Gasteiger partial charge in [-0.3, -0.25) is 0 Å². The fourth-order valence-electron chi connectivity index (χ4n) is 1.25. The molecule has 3 heteroatoms. The highest BCUT2D eigenvalue weighted by atomic mass is 15.3. The second-order valence-electron chi connectivity index (χ2n) is 2.93. The summed E-state index contributed by atoms with van der Waals surface area (Å²) in [5, 5.41) is 4.18. The Balaban J connectivity index is 2.53. The molecule has 1 aromatic carbocycles. The molecule has 0 aliphatic carbocycles. The molecule has 0 aliphatic heterocycles. The lowest BCUT2D eigenvalue weighted by Gasteiger charge is -2.02. The zero-order chi connectivity index (χ0) is 9.26. The van der Waals surface area contributed by atoms with E-state index in [1.165, 1.54) is 0 Å². The first-order valence-electron chi connectivity index (χ1n) is 4.14. The average Bonchev–Trinajstić information content (AvgIpc) is 2.49. The van der Waals surface area contributed by atoms with Crippen molar-refractivity contribution >= 4 is 5.69 Å². The highest BCUT2D eigenvalue weighted by Gasteiger charge is 2.03. The Labute approximate surface area is 76.8 Å². The number of para-hydroxylation sites is 1. The maximum absolute atomic E-state index is 5.69. The number of rotatable bonds is 1. The number of nitrogens with two attached hydrogens (primary N) is 1. The Morgan fingerprint density at radius 3 is 2.46 bits per heavy atom. The average molecular weight is 173 g/mol. The van der Waals surface area contributed by atoms with Crippen LogP contribution in [0.3, 0.4) is 0 Å². The van der Waals surface area contributed by atoms with Gasteiger partial charge < -0.3 is 5.73 Å². The van der Waals surface area contributed by atoms with E-state index >= 15 is 0 Å². The summed E-state index contributed by atoms with van der Waals surface area (Å²) >= 11 is 0. The molecule has 0 spiro atoms.